The van der Waals surface area contributed by atoms with Crippen LogP contribution in [0.3, 0.4) is 0 Å². The third-order valence-electron chi connectivity index (χ3n) is 21.1. The van der Waals surface area contributed by atoms with E-state index in [1.807, 2.05) is 6.92 Å². The van der Waals surface area contributed by atoms with Gasteiger partial charge in [0.15, 0.2) is 25.0 Å². The van der Waals surface area contributed by atoms with E-state index in [9.17, 15) is 81.4 Å². The van der Waals surface area contributed by atoms with Gasteiger partial charge in [-0.1, -0.05) is 46.3 Å². The van der Waals surface area contributed by atoms with Gasteiger partial charge >= 0.3 is 11.9 Å². The minimum absolute atomic E-state index is 0.00773. The second-order valence-electron chi connectivity index (χ2n) is 25.8. The molecule has 8 fully saturated rings. The van der Waals surface area contributed by atoms with E-state index in [2.05, 4.69) is 33.8 Å². The maximum atomic E-state index is 15.2. The minimum atomic E-state index is -2.00. The Hall–Kier alpha value is -2.16. The van der Waals surface area contributed by atoms with Gasteiger partial charge in [-0.3, -0.25) is 9.59 Å². The molecular weight excluding hydrogens is 1040 g/mol. The Morgan fingerprint density at radius 2 is 1.21 bits per heavy atom. The summed E-state index contributed by atoms with van der Waals surface area (Å²) in [7, 11) is 0. The molecule has 4 saturated carbocycles. The van der Waals surface area contributed by atoms with E-state index in [4.69, 9.17) is 37.9 Å². The number of carboxylic acids is 1. The molecule has 0 amide bonds. The van der Waals surface area contributed by atoms with Crippen molar-refractivity contribution in [3.05, 3.63) is 11.6 Å². The van der Waals surface area contributed by atoms with E-state index in [-0.39, 0.29) is 37.0 Å². The molecular formula is C53H84O25. The van der Waals surface area contributed by atoms with Gasteiger partial charge in [-0.2, -0.15) is 0 Å². The second-order valence-corrected chi connectivity index (χ2v) is 25.8. The van der Waals surface area contributed by atoms with Gasteiger partial charge in [-0.15, -0.1) is 0 Å². The Morgan fingerprint density at radius 3 is 1.83 bits per heavy atom. The molecule has 0 radical (unpaired) electrons. The number of aliphatic hydroxyl groups is 14. The molecule has 4 aliphatic heterocycles. The lowest BCUT2D eigenvalue weighted by molar-refractivity contribution is -0.373. The zero-order valence-electron chi connectivity index (χ0n) is 45.1. The summed E-state index contributed by atoms with van der Waals surface area (Å²) in [5.74, 6) is -3.82. The Kier molecular flexibility index (Phi) is 16.6. The molecule has 25 nitrogen and oxygen atoms in total. The summed E-state index contributed by atoms with van der Waals surface area (Å²) >= 11 is 0. The molecule has 78 heavy (non-hydrogen) atoms. The number of allylic oxidation sites excluding steroid dienone is 2. The van der Waals surface area contributed by atoms with Gasteiger partial charge in [0.05, 0.1) is 43.5 Å². The van der Waals surface area contributed by atoms with Crippen LogP contribution >= 0.6 is 0 Å². The van der Waals surface area contributed by atoms with Crippen molar-refractivity contribution >= 4 is 11.9 Å². The van der Waals surface area contributed by atoms with Crippen molar-refractivity contribution in [2.45, 2.75) is 235 Å². The number of carboxylic acid groups (broad SMARTS) is 1. The van der Waals surface area contributed by atoms with Crippen LogP contribution < -0.4 is 0 Å². The molecule has 5 aliphatic carbocycles. The number of hydrogen-bond acceptors (Lipinski definition) is 24. The molecule has 0 spiro atoms. The second kappa shape index (κ2) is 21.5. The van der Waals surface area contributed by atoms with E-state index >= 15 is 4.79 Å². The predicted molar refractivity (Wildman–Crippen MR) is 260 cm³/mol. The molecule has 0 aromatic carbocycles. The van der Waals surface area contributed by atoms with E-state index in [1.165, 1.54) is 13.8 Å². The molecule has 0 bridgehead atoms. The molecule has 9 rings (SSSR count). The summed E-state index contributed by atoms with van der Waals surface area (Å²) in [6, 6.07) is 0. The Labute approximate surface area is 451 Å². The summed E-state index contributed by atoms with van der Waals surface area (Å²) in [6.07, 6.45) is -32.2. The van der Waals surface area contributed by atoms with Crippen molar-refractivity contribution < 1.29 is 124 Å². The van der Waals surface area contributed by atoms with E-state index in [0.717, 1.165) is 5.57 Å². The van der Waals surface area contributed by atoms with Gasteiger partial charge in [0.1, 0.15) is 90.9 Å². The van der Waals surface area contributed by atoms with Crippen molar-refractivity contribution in [3.8, 4) is 0 Å². The van der Waals surface area contributed by atoms with Crippen LogP contribution in [0, 0.1) is 50.2 Å². The number of rotatable bonds is 11. The Balaban J connectivity index is 0.991. The molecule has 0 unspecified atom stereocenters. The van der Waals surface area contributed by atoms with Crippen LogP contribution in [0.4, 0.5) is 0 Å². The molecule has 15 N–H and O–H groups in total. The number of aliphatic carboxylic acids is 1. The third-order valence-corrected chi connectivity index (χ3v) is 21.1. The van der Waals surface area contributed by atoms with E-state index in [0.29, 0.717) is 25.7 Å². The first-order chi connectivity index (χ1) is 36.4. The highest BCUT2D eigenvalue weighted by Gasteiger charge is 2.74. The smallest absolute Gasteiger partial charge is 0.317 e. The first-order valence-electron chi connectivity index (χ1n) is 27.5. The van der Waals surface area contributed by atoms with Gasteiger partial charge < -0.3 is 114 Å². The molecule has 4 heterocycles. The Morgan fingerprint density at radius 1 is 0.615 bits per heavy atom. The summed E-state index contributed by atoms with van der Waals surface area (Å²) in [5, 5.41) is 165. The lowest BCUT2D eigenvalue weighted by Gasteiger charge is -2.71. The van der Waals surface area contributed by atoms with E-state index < -0.39 is 206 Å². The van der Waals surface area contributed by atoms with Crippen molar-refractivity contribution in [1.82, 2.24) is 0 Å². The topological polar surface area (TPSA) is 411 Å². The number of carbonyl (C=O) groups is 2. The van der Waals surface area contributed by atoms with Crippen LogP contribution in [0.2, 0.25) is 0 Å². The average Bonchev–Trinajstić information content (AvgIpc) is 3.18. The molecule has 0 aromatic heterocycles. The number of ether oxygens (including phenoxy) is 8. The van der Waals surface area contributed by atoms with E-state index in [1.54, 1.807) is 0 Å². The van der Waals surface area contributed by atoms with Gasteiger partial charge in [-0.25, -0.2) is 0 Å². The summed E-state index contributed by atoms with van der Waals surface area (Å²) in [6.45, 7) is 11.1. The van der Waals surface area contributed by atoms with Crippen molar-refractivity contribution in [2.24, 2.45) is 50.2 Å². The number of hydrogen-bond donors (Lipinski definition) is 15. The van der Waals surface area contributed by atoms with Gasteiger partial charge in [-0.05, 0) is 105 Å². The quantitative estimate of drug-likeness (QED) is 0.0546. The van der Waals surface area contributed by atoms with Crippen LogP contribution in [0.5, 0.6) is 0 Å². The van der Waals surface area contributed by atoms with Crippen LogP contribution in [0.15, 0.2) is 11.6 Å². The zero-order chi connectivity index (χ0) is 57.3. The van der Waals surface area contributed by atoms with Crippen molar-refractivity contribution in [1.29, 1.82) is 0 Å². The normalized spacial score (nSPS) is 55.0. The lowest BCUT2D eigenvalue weighted by atomic mass is 9.33. The van der Waals surface area contributed by atoms with Crippen LogP contribution in [-0.4, -0.2) is 243 Å². The molecule has 30 atom stereocenters. The van der Waals surface area contributed by atoms with Gasteiger partial charge in [0, 0.05) is 0 Å². The first kappa shape index (κ1) is 60.4. The standard InChI is InChI=1S/C53H84O25/c1-20-30(59)34(63)36(65)42(72-20)76-40-31(60)24(57)19-71-45(40)78-47(70)53-13-12-48(2,3)14-22(53)21-8-9-27-49(4)15-23(56)41(52(7,46(68)69)28(49)10-11-50(27,5)51(21,6)16-29(53)58)77-44-38(67)39(33(62)26(18-55)74-44)75-43-37(66)35(64)32(61)25(17-54)73-43/h8,20,22-45,54-67H,9-19H2,1-7H3,(H,68,69)/t20-,22-,23-,24-,25+,26+,27+,28+,29+,30-,31-,32+,33+,34+,35-,36+,37+,38+,39-,40+,41-,42-,43-,44-,45-,49+,50+,51+,52-,53+/m0/s1. The fourth-order valence-corrected chi connectivity index (χ4v) is 16.3. The van der Waals surface area contributed by atoms with Gasteiger partial charge in [0.2, 0.25) is 6.29 Å². The number of esters is 1. The highest BCUT2D eigenvalue weighted by atomic mass is 16.8. The number of carbonyl (C=O) groups excluding carboxylic acids is 1. The maximum Gasteiger partial charge on any atom is 0.317 e. The molecule has 4 saturated heterocycles. The largest absolute Gasteiger partial charge is 0.481 e. The monoisotopic (exact) mass is 1120 g/mol. The highest BCUT2D eigenvalue weighted by molar-refractivity contribution is 5.80. The molecule has 0 aromatic rings. The maximum absolute atomic E-state index is 15.2. The van der Waals surface area contributed by atoms with Crippen LogP contribution in [0.25, 0.3) is 0 Å². The third kappa shape index (κ3) is 9.34. The van der Waals surface area contributed by atoms with Crippen molar-refractivity contribution in [2.75, 3.05) is 19.8 Å². The SMILES string of the molecule is C[C@@H]1O[C@@H](O[C@H]2[C@H](OC(=O)[C@]34CCC(C)(C)C[C@H]3C3=CC[C@@H]5[C@@]6(C)C[C@H](O)[C@H](O[C@@H]7O[C@H](CO)[C@@H](O)[C@H](O[C@@H]8O[C@H](CO)[C@@H](O)[C@H](O)[C@H]8O)[C@H]7O)[C@@](C)(C(=O)O)[C@@H]6CC[C@@]5(C)[C@]3(C)C[C@H]4O)OC[C@H](O)[C@@H]2O)[C@H](O)[C@H](O)[C@H]1O. The van der Waals surface area contributed by atoms with Crippen LogP contribution in [0.1, 0.15) is 99.8 Å². The molecule has 25 heteroatoms. The average molecular weight is 1120 g/mol. The number of fused-ring (bicyclic) bond motifs is 7. The predicted octanol–water partition coefficient (Wildman–Crippen LogP) is -3.36. The highest BCUT2D eigenvalue weighted by Crippen LogP contribution is 2.76. The molecule has 9 aliphatic rings. The lowest BCUT2D eigenvalue weighted by Crippen LogP contribution is -2.71. The Bertz CT molecular complexity index is 2220. The van der Waals surface area contributed by atoms with Crippen LogP contribution in [-0.2, 0) is 47.5 Å². The van der Waals surface area contributed by atoms with Crippen molar-refractivity contribution in [3.63, 3.8) is 0 Å². The summed E-state index contributed by atoms with van der Waals surface area (Å²) < 4.78 is 46.9. The zero-order valence-corrected chi connectivity index (χ0v) is 45.1. The fourth-order valence-electron chi connectivity index (χ4n) is 16.3. The number of aliphatic hydroxyl groups excluding tert-OH is 14. The minimum Gasteiger partial charge on any atom is -0.481 e. The first-order valence-corrected chi connectivity index (χ1v) is 27.5. The molecule has 446 valence electrons. The summed E-state index contributed by atoms with van der Waals surface area (Å²) in [5.41, 5.74) is -5.33. The summed E-state index contributed by atoms with van der Waals surface area (Å²) in [4.78, 5) is 29.2. The fraction of sp³-hybridized carbons (Fsp3) is 0.925. The van der Waals surface area contributed by atoms with Gasteiger partial charge in [0.25, 0.3) is 0 Å².